The molecule has 3 nitrogen and oxygen atoms in total. The molecule has 1 heterocycles. The van der Waals surface area contributed by atoms with E-state index in [4.69, 9.17) is 9.47 Å². The highest BCUT2D eigenvalue weighted by molar-refractivity contribution is 9.10. The van der Waals surface area contributed by atoms with Crippen LogP contribution in [0.4, 0.5) is 0 Å². The number of halogens is 1. The van der Waals surface area contributed by atoms with Gasteiger partial charge in [0, 0.05) is 16.7 Å². The zero-order chi connectivity index (χ0) is 10.3. The van der Waals surface area contributed by atoms with Crippen LogP contribution in [0.15, 0.2) is 16.7 Å². The van der Waals surface area contributed by atoms with Crippen LogP contribution < -0.4 is 9.47 Å². The third-order valence-corrected chi connectivity index (χ3v) is 1.63. The summed E-state index contributed by atoms with van der Waals surface area (Å²) in [5.74, 6) is 1.12. The molecule has 0 aliphatic heterocycles. The molecule has 74 valence electrons. The molecule has 0 aliphatic rings. The quantitative estimate of drug-likeness (QED) is 0.806. The van der Waals surface area contributed by atoms with Crippen molar-refractivity contribution in [1.82, 2.24) is 4.98 Å². The van der Waals surface area contributed by atoms with Crippen molar-refractivity contribution in [1.29, 1.82) is 0 Å². The molecule has 0 spiro atoms. The first-order valence-electron chi connectivity index (χ1n) is 4.01. The molecule has 1 aromatic rings. The van der Waals surface area contributed by atoms with Crippen molar-refractivity contribution in [2.75, 3.05) is 14.2 Å². The van der Waals surface area contributed by atoms with Gasteiger partial charge in [-0.3, -0.25) is 0 Å². The van der Waals surface area contributed by atoms with E-state index < -0.39 is 0 Å². The van der Waals surface area contributed by atoms with Crippen molar-refractivity contribution < 1.29 is 9.47 Å². The smallest absolute Gasteiger partial charge is 0.256 e. The molecule has 0 bridgehead atoms. The summed E-state index contributed by atoms with van der Waals surface area (Å²) in [5.41, 5.74) is 0. The fraction of sp³-hybridized carbons (Fsp3) is 0.444. The average molecular weight is 248 g/mol. The maximum absolute atomic E-state index is 5.00. The highest BCUT2D eigenvalue weighted by Crippen LogP contribution is 2.26. The highest BCUT2D eigenvalue weighted by atomic mass is 79.9. The molecule has 0 unspecified atom stereocenters. The summed E-state index contributed by atoms with van der Waals surface area (Å²) < 4.78 is 10.8. The van der Waals surface area contributed by atoms with Crippen LogP contribution >= 0.6 is 15.9 Å². The Morgan fingerprint density at radius 3 is 2.31 bits per heavy atom. The Kier molecular flexibility index (Phi) is 6.32. The molecule has 1 aromatic heterocycles. The standard InChI is InChI=1S/C7H8BrNO2.C2H6/c1-10-6-3-5(8)4-9-7(6)11-2;1-2/h3-4H,1-2H3;1-2H3. The Morgan fingerprint density at radius 1 is 1.23 bits per heavy atom. The summed E-state index contributed by atoms with van der Waals surface area (Å²) >= 11 is 3.27. The minimum absolute atomic E-state index is 0.496. The number of rotatable bonds is 2. The van der Waals surface area contributed by atoms with Gasteiger partial charge in [0.05, 0.1) is 14.2 Å². The van der Waals surface area contributed by atoms with Crippen LogP contribution in [0.25, 0.3) is 0 Å². The van der Waals surface area contributed by atoms with E-state index in [1.54, 1.807) is 26.5 Å². The third kappa shape index (κ3) is 3.63. The first-order chi connectivity index (χ1) is 6.27. The zero-order valence-electron chi connectivity index (χ0n) is 8.30. The van der Waals surface area contributed by atoms with E-state index in [9.17, 15) is 0 Å². The van der Waals surface area contributed by atoms with Crippen LogP contribution in [0.2, 0.25) is 0 Å². The molecule has 0 saturated carbocycles. The Morgan fingerprint density at radius 2 is 1.85 bits per heavy atom. The Hall–Kier alpha value is -0.770. The first-order valence-corrected chi connectivity index (χ1v) is 4.80. The minimum Gasteiger partial charge on any atom is -0.491 e. The van der Waals surface area contributed by atoms with Crippen molar-refractivity contribution >= 4 is 15.9 Å². The number of pyridine rings is 1. The number of hydrogen-bond acceptors (Lipinski definition) is 3. The Balaban J connectivity index is 0.000000671. The number of hydrogen-bond donors (Lipinski definition) is 0. The monoisotopic (exact) mass is 247 g/mol. The fourth-order valence-electron chi connectivity index (χ4n) is 0.708. The molecule has 0 radical (unpaired) electrons. The van der Waals surface area contributed by atoms with Gasteiger partial charge in [-0.25, -0.2) is 4.98 Å². The van der Waals surface area contributed by atoms with Gasteiger partial charge >= 0.3 is 0 Å². The molecule has 0 fully saturated rings. The van der Waals surface area contributed by atoms with E-state index in [2.05, 4.69) is 20.9 Å². The van der Waals surface area contributed by atoms with Crippen molar-refractivity contribution in [2.45, 2.75) is 13.8 Å². The molecule has 0 amide bonds. The fourth-order valence-corrected chi connectivity index (χ4v) is 1.02. The summed E-state index contributed by atoms with van der Waals surface area (Å²) in [6.45, 7) is 4.00. The largest absolute Gasteiger partial charge is 0.491 e. The lowest BCUT2D eigenvalue weighted by Crippen LogP contribution is -1.92. The highest BCUT2D eigenvalue weighted by Gasteiger charge is 2.03. The van der Waals surface area contributed by atoms with E-state index >= 15 is 0 Å². The van der Waals surface area contributed by atoms with E-state index in [0.717, 1.165) is 4.47 Å². The molecular weight excluding hydrogens is 234 g/mol. The van der Waals surface area contributed by atoms with E-state index in [0.29, 0.717) is 11.6 Å². The minimum atomic E-state index is 0.496. The summed E-state index contributed by atoms with van der Waals surface area (Å²) in [6.07, 6.45) is 1.65. The molecule has 0 N–H and O–H groups in total. The van der Waals surface area contributed by atoms with E-state index in [-0.39, 0.29) is 0 Å². The zero-order valence-corrected chi connectivity index (χ0v) is 9.88. The second-order valence-corrected chi connectivity index (χ2v) is 2.78. The van der Waals surface area contributed by atoms with Gasteiger partial charge in [0.15, 0.2) is 5.75 Å². The van der Waals surface area contributed by atoms with Gasteiger partial charge in [-0.05, 0) is 15.9 Å². The van der Waals surface area contributed by atoms with Gasteiger partial charge < -0.3 is 9.47 Å². The third-order valence-electron chi connectivity index (χ3n) is 1.20. The first kappa shape index (κ1) is 12.2. The molecule has 13 heavy (non-hydrogen) atoms. The van der Waals surface area contributed by atoms with Crippen molar-refractivity contribution in [2.24, 2.45) is 0 Å². The van der Waals surface area contributed by atoms with Crippen LogP contribution in [0.5, 0.6) is 11.6 Å². The maximum atomic E-state index is 5.00. The van der Waals surface area contributed by atoms with Gasteiger partial charge in [0.1, 0.15) is 0 Å². The number of nitrogens with zero attached hydrogens (tertiary/aromatic N) is 1. The SMILES string of the molecule is CC.COc1cc(Br)cnc1OC. The lowest BCUT2D eigenvalue weighted by atomic mass is 10.4. The van der Waals surface area contributed by atoms with Gasteiger partial charge in [-0.15, -0.1) is 0 Å². The normalized spacial score (nSPS) is 8.38. The topological polar surface area (TPSA) is 31.4 Å². The number of aromatic nitrogens is 1. The summed E-state index contributed by atoms with van der Waals surface area (Å²) in [5, 5.41) is 0. The lowest BCUT2D eigenvalue weighted by molar-refractivity contribution is 0.342. The summed E-state index contributed by atoms with van der Waals surface area (Å²) in [4.78, 5) is 3.97. The van der Waals surface area contributed by atoms with Crippen molar-refractivity contribution in [3.63, 3.8) is 0 Å². The van der Waals surface area contributed by atoms with Crippen LogP contribution in [0.3, 0.4) is 0 Å². The second-order valence-electron chi connectivity index (χ2n) is 1.87. The predicted molar refractivity (Wildman–Crippen MR) is 56.4 cm³/mol. The Bertz CT molecular complexity index is 253. The molecular formula is C9H14BrNO2. The molecule has 0 atom stereocenters. The Labute approximate surface area is 87.2 Å². The molecule has 4 heteroatoms. The van der Waals surface area contributed by atoms with Crippen molar-refractivity contribution in [3.05, 3.63) is 16.7 Å². The van der Waals surface area contributed by atoms with E-state index in [1.165, 1.54) is 0 Å². The van der Waals surface area contributed by atoms with E-state index in [1.807, 2.05) is 13.8 Å². The van der Waals surface area contributed by atoms with Gasteiger partial charge in [-0.1, -0.05) is 13.8 Å². The summed E-state index contributed by atoms with van der Waals surface area (Å²) in [6, 6.07) is 1.80. The van der Waals surface area contributed by atoms with Gasteiger partial charge in [0.2, 0.25) is 0 Å². The van der Waals surface area contributed by atoms with Gasteiger partial charge in [-0.2, -0.15) is 0 Å². The molecule has 0 saturated heterocycles. The van der Waals surface area contributed by atoms with Crippen molar-refractivity contribution in [3.8, 4) is 11.6 Å². The van der Waals surface area contributed by atoms with Crippen LogP contribution in [-0.4, -0.2) is 19.2 Å². The lowest BCUT2D eigenvalue weighted by Gasteiger charge is -2.04. The number of methoxy groups -OCH3 is 2. The predicted octanol–water partition coefficient (Wildman–Crippen LogP) is 2.89. The van der Waals surface area contributed by atoms with Crippen LogP contribution in [-0.2, 0) is 0 Å². The molecule has 1 rings (SSSR count). The second kappa shape index (κ2) is 6.71. The molecule has 0 aromatic carbocycles. The average Bonchev–Trinajstić information content (AvgIpc) is 2.20. The van der Waals surface area contributed by atoms with Crippen LogP contribution in [0.1, 0.15) is 13.8 Å². The maximum Gasteiger partial charge on any atom is 0.256 e. The summed E-state index contributed by atoms with van der Waals surface area (Å²) in [7, 11) is 3.13. The molecule has 0 aliphatic carbocycles. The number of ether oxygens (including phenoxy) is 2. The van der Waals surface area contributed by atoms with Crippen LogP contribution in [0, 0.1) is 0 Å². The van der Waals surface area contributed by atoms with Gasteiger partial charge in [0.25, 0.3) is 5.88 Å².